The van der Waals surface area contributed by atoms with Crippen molar-refractivity contribution in [2.75, 3.05) is 5.32 Å². The third-order valence-electron chi connectivity index (χ3n) is 3.32. The van der Waals surface area contributed by atoms with Gasteiger partial charge in [0.1, 0.15) is 35.2 Å². The number of aromatic nitrogens is 3. The lowest BCUT2D eigenvalue weighted by molar-refractivity contribution is 0.0946. The molecule has 0 unspecified atom stereocenters. The van der Waals surface area contributed by atoms with Crippen molar-refractivity contribution >= 4 is 17.4 Å². The summed E-state index contributed by atoms with van der Waals surface area (Å²) >= 11 is 0. The van der Waals surface area contributed by atoms with Crippen molar-refractivity contribution in [2.45, 2.75) is 6.54 Å². The number of halogens is 2. The largest absolute Gasteiger partial charge is 0.347 e. The Morgan fingerprint density at radius 3 is 2.48 bits per heavy atom. The number of pyridine rings is 1. The number of anilines is 2. The first kappa shape index (κ1) is 16.4. The van der Waals surface area contributed by atoms with Gasteiger partial charge in [0.25, 0.3) is 5.91 Å². The smallest absolute Gasteiger partial charge is 0.270 e. The normalized spacial score (nSPS) is 10.3. The fourth-order valence-electron chi connectivity index (χ4n) is 2.07. The second kappa shape index (κ2) is 7.43. The van der Waals surface area contributed by atoms with Gasteiger partial charge >= 0.3 is 0 Å². The van der Waals surface area contributed by atoms with Gasteiger partial charge in [0.05, 0.1) is 0 Å². The molecule has 8 heteroatoms. The summed E-state index contributed by atoms with van der Waals surface area (Å²) in [7, 11) is 0. The van der Waals surface area contributed by atoms with Gasteiger partial charge in [0, 0.05) is 25.0 Å². The van der Waals surface area contributed by atoms with Gasteiger partial charge in [-0.15, -0.1) is 0 Å². The molecule has 0 aliphatic heterocycles. The van der Waals surface area contributed by atoms with E-state index in [0.717, 1.165) is 24.0 Å². The zero-order valence-electron chi connectivity index (χ0n) is 12.9. The molecule has 0 atom stereocenters. The molecule has 0 fully saturated rings. The fourth-order valence-corrected chi connectivity index (χ4v) is 2.07. The third-order valence-corrected chi connectivity index (χ3v) is 3.32. The molecule has 0 bridgehead atoms. The molecule has 0 aliphatic carbocycles. The summed E-state index contributed by atoms with van der Waals surface area (Å²) in [6.07, 6.45) is 4.39. The average Bonchev–Trinajstić information content (AvgIpc) is 2.64. The Hall–Kier alpha value is -3.42. The Kier molecular flexibility index (Phi) is 4.89. The van der Waals surface area contributed by atoms with Gasteiger partial charge in [-0.05, 0) is 29.8 Å². The summed E-state index contributed by atoms with van der Waals surface area (Å²) < 4.78 is 27.3. The lowest BCUT2D eigenvalue weighted by atomic mass is 10.2. The molecule has 6 nitrogen and oxygen atoms in total. The van der Waals surface area contributed by atoms with E-state index in [1.165, 1.54) is 12.1 Å². The van der Waals surface area contributed by atoms with Crippen LogP contribution in [0, 0.1) is 11.6 Å². The SMILES string of the molecule is O=C(NCc1ccncc1)c1cc(Nc2c(F)cccc2F)ncn1. The van der Waals surface area contributed by atoms with Crippen LogP contribution in [0.4, 0.5) is 20.3 Å². The Morgan fingerprint density at radius 2 is 1.76 bits per heavy atom. The highest BCUT2D eigenvalue weighted by Gasteiger charge is 2.12. The lowest BCUT2D eigenvalue weighted by Crippen LogP contribution is -2.24. The zero-order chi connectivity index (χ0) is 17.6. The molecule has 2 N–H and O–H groups in total. The highest BCUT2D eigenvalue weighted by molar-refractivity contribution is 5.92. The number of carbonyl (C=O) groups is 1. The van der Waals surface area contributed by atoms with E-state index in [1.807, 2.05) is 0 Å². The van der Waals surface area contributed by atoms with Crippen LogP contribution < -0.4 is 10.6 Å². The number of para-hydroxylation sites is 1. The van der Waals surface area contributed by atoms with Crippen LogP contribution in [0.1, 0.15) is 16.1 Å². The van der Waals surface area contributed by atoms with E-state index in [2.05, 4.69) is 25.6 Å². The van der Waals surface area contributed by atoms with E-state index < -0.39 is 17.5 Å². The molecule has 0 saturated carbocycles. The molecule has 1 amide bonds. The number of carbonyl (C=O) groups excluding carboxylic acids is 1. The number of hydrogen-bond donors (Lipinski definition) is 2. The molecule has 2 aromatic heterocycles. The minimum atomic E-state index is -0.762. The summed E-state index contributed by atoms with van der Waals surface area (Å²) in [5, 5.41) is 5.22. The topological polar surface area (TPSA) is 79.8 Å². The van der Waals surface area contributed by atoms with Crippen LogP contribution in [-0.4, -0.2) is 20.9 Å². The van der Waals surface area contributed by atoms with Crippen LogP contribution >= 0.6 is 0 Å². The van der Waals surface area contributed by atoms with E-state index in [-0.39, 0.29) is 17.2 Å². The van der Waals surface area contributed by atoms with Gasteiger partial charge in [-0.25, -0.2) is 18.7 Å². The number of rotatable bonds is 5. The summed E-state index contributed by atoms with van der Waals surface area (Å²) in [6.45, 7) is 0.302. The Bertz CT molecular complexity index is 869. The molecule has 3 aromatic rings. The minimum absolute atomic E-state index is 0.0725. The molecule has 0 aliphatic rings. The summed E-state index contributed by atoms with van der Waals surface area (Å²) in [6, 6.07) is 8.36. The van der Waals surface area contributed by atoms with Crippen molar-refractivity contribution in [3.63, 3.8) is 0 Å². The molecular formula is C17H13F2N5O. The molecule has 0 spiro atoms. The first-order valence-corrected chi connectivity index (χ1v) is 7.33. The maximum Gasteiger partial charge on any atom is 0.270 e. The van der Waals surface area contributed by atoms with Crippen molar-refractivity contribution in [1.82, 2.24) is 20.3 Å². The second-order valence-electron chi connectivity index (χ2n) is 5.05. The number of nitrogens with zero attached hydrogens (tertiary/aromatic N) is 3. The molecule has 25 heavy (non-hydrogen) atoms. The van der Waals surface area contributed by atoms with E-state index in [0.29, 0.717) is 6.54 Å². The van der Waals surface area contributed by atoms with Gasteiger partial charge in [0.2, 0.25) is 0 Å². The van der Waals surface area contributed by atoms with E-state index in [1.54, 1.807) is 24.5 Å². The van der Waals surface area contributed by atoms with Gasteiger partial charge < -0.3 is 10.6 Å². The van der Waals surface area contributed by atoms with Gasteiger partial charge in [-0.3, -0.25) is 9.78 Å². The quantitative estimate of drug-likeness (QED) is 0.746. The van der Waals surface area contributed by atoms with Crippen molar-refractivity contribution in [3.05, 3.63) is 78.0 Å². The highest BCUT2D eigenvalue weighted by atomic mass is 19.1. The van der Waals surface area contributed by atoms with E-state index in [9.17, 15) is 13.6 Å². The number of nitrogens with one attached hydrogen (secondary N) is 2. The number of benzene rings is 1. The van der Waals surface area contributed by atoms with Crippen LogP contribution in [0.25, 0.3) is 0 Å². The number of amides is 1. The molecule has 126 valence electrons. The Balaban J connectivity index is 1.72. The second-order valence-corrected chi connectivity index (χ2v) is 5.05. The fraction of sp³-hybridized carbons (Fsp3) is 0.0588. The highest BCUT2D eigenvalue weighted by Crippen LogP contribution is 2.21. The summed E-state index contributed by atoms with van der Waals surface area (Å²) in [5.74, 6) is -1.85. The van der Waals surface area contributed by atoms with E-state index in [4.69, 9.17) is 0 Å². The summed E-state index contributed by atoms with van der Waals surface area (Å²) in [5.41, 5.74) is 0.608. The third kappa shape index (κ3) is 4.11. The van der Waals surface area contributed by atoms with Crippen molar-refractivity contribution < 1.29 is 13.6 Å². The maximum absolute atomic E-state index is 13.7. The summed E-state index contributed by atoms with van der Waals surface area (Å²) in [4.78, 5) is 23.8. The van der Waals surface area contributed by atoms with Crippen molar-refractivity contribution in [3.8, 4) is 0 Å². The molecule has 3 rings (SSSR count). The van der Waals surface area contributed by atoms with Crippen LogP contribution in [0.3, 0.4) is 0 Å². The molecule has 0 radical (unpaired) electrons. The standard InChI is InChI=1S/C17H13F2N5O/c18-12-2-1-3-13(19)16(12)24-15-8-14(22-10-23-15)17(25)21-9-11-4-6-20-7-5-11/h1-8,10H,9H2,(H,21,25)(H,22,23,24). The minimum Gasteiger partial charge on any atom is -0.347 e. The first-order valence-electron chi connectivity index (χ1n) is 7.33. The first-order chi connectivity index (χ1) is 12.1. The average molecular weight is 341 g/mol. The maximum atomic E-state index is 13.7. The van der Waals surface area contributed by atoms with Crippen LogP contribution in [0.15, 0.2) is 55.1 Å². The zero-order valence-corrected chi connectivity index (χ0v) is 12.9. The van der Waals surface area contributed by atoms with Crippen LogP contribution in [0.5, 0.6) is 0 Å². The van der Waals surface area contributed by atoms with Crippen LogP contribution in [-0.2, 0) is 6.54 Å². The molecule has 1 aromatic carbocycles. The lowest BCUT2D eigenvalue weighted by Gasteiger charge is -2.09. The Morgan fingerprint density at radius 1 is 1.04 bits per heavy atom. The Labute approximate surface area is 142 Å². The molecular weight excluding hydrogens is 328 g/mol. The van der Waals surface area contributed by atoms with Crippen molar-refractivity contribution in [1.29, 1.82) is 0 Å². The predicted octanol–water partition coefficient (Wildman–Crippen LogP) is 2.82. The number of hydrogen-bond acceptors (Lipinski definition) is 5. The predicted molar refractivity (Wildman–Crippen MR) is 87.1 cm³/mol. The molecule has 2 heterocycles. The molecule has 0 saturated heterocycles. The van der Waals surface area contributed by atoms with Crippen LogP contribution in [0.2, 0.25) is 0 Å². The van der Waals surface area contributed by atoms with E-state index >= 15 is 0 Å². The van der Waals surface area contributed by atoms with Gasteiger partial charge in [0.15, 0.2) is 0 Å². The van der Waals surface area contributed by atoms with Crippen molar-refractivity contribution in [2.24, 2.45) is 0 Å². The monoisotopic (exact) mass is 341 g/mol. The van der Waals surface area contributed by atoms with Gasteiger partial charge in [-0.2, -0.15) is 0 Å². The van der Waals surface area contributed by atoms with Gasteiger partial charge in [-0.1, -0.05) is 6.07 Å².